The van der Waals surface area contributed by atoms with Gasteiger partial charge in [0.1, 0.15) is 17.4 Å². The molecule has 2 heterocycles. The molecule has 30 heavy (non-hydrogen) atoms. The second kappa shape index (κ2) is 9.48. The Morgan fingerprint density at radius 1 is 1.13 bits per heavy atom. The lowest BCUT2D eigenvalue weighted by Gasteiger charge is -2.36. The molecule has 2 rings (SSSR count). The number of nitrogens with zero attached hydrogens (tertiary/aromatic N) is 2. The van der Waals surface area contributed by atoms with Gasteiger partial charge < -0.3 is 19.9 Å². The van der Waals surface area contributed by atoms with Gasteiger partial charge in [0, 0.05) is 31.5 Å². The number of amides is 3. The number of rotatable bonds is 9. The highest BCUT2D eigenvalue weighted by molar-refractivity contribution is 5.97. The topological polar surface area (TPSA) is 86.8 Å². The molecule has 1 spiro atoms. The van der Waals surface area contributed by atoms with Gasteiger partial charge in [0.25, 0.3) is 0 Å². The van der Waals surface area contributed by atoms with Crippen molar-refractivity contribution in [2.45, 2.75) is 104 Å². The number of carbonyl (C=O) groups excluding carboxylic acids is 4. The van der Waals surface area contributed by atoms with E-state index in [1.165, 1.54) is 6.92 Å². The fraction of sp³-hybridized carbons (Fsp3) is 0.826. The number of hydrogen-bond donors (Lipinski definition) is 1. The van der Waals surface area contributed by atoms with E-state index in [9.17, 15) is 19.2 Å². The highest BCUT2D eigenvalue weighted by Crippen LogP contribution is 2.40. The molecule has 0 aromatic carbocycles. The minimum atomic E-state index is -0.844. The Morgan fingerprint density at radius 2 is 1.80 bits per heavy atom. The summed E-state index contributed by atoms with van der Waals surface area (Å²) >= 11 is 0. The van der Waals surface area contributed by atoms with Gasteiger partial charge in [-0.25, -0.2) is 0 Å². The van der Waals surface area contributed by atoms with Crippen molar-refractivity contribution in [3.05, 3.63) is 0 Å². The number of likely N-dealkylation sites (tertiary alicyclic amines) is 2. The van der Waals surface area contributed by atoms with Crippen LogP contribution in [0, 0.1) is 5.92 Å². The van der Waals surface area contributed by atoms with E-state index in [1.54, 1.807) is 9.80 Å². The summed E-state index contributed by atoms with van der Waals surface area (Å²) in [5.41, 5.74) is -1.18. The predicted molar refractivity (Wildman–Crippen MR) is 116 cm³/mol. The smallest absolute Gasteiger partial charge is 0.249 e. The molecule has 7 heteroatoms. The maximum atomic E-state index is 13.6. The molecule has 7 nitrogen and oxygen atoms in total. The molecule has 0 aromatic heterocycles. The van der Waals surface area contributed by atoms with Gasteiger partial charge in [-0.3, -0.25) is 14.4 Å². The number of nitrogens with one attached hydrogen (secondary N) is 1. The zero-order chi connectivity index (χ0) is 22.7. The first-order chi connectivity index (χ1) is 13.9. The van der Waals surface area contributed by atoms with Crippen LogP contribution in [0.3, 0.4) is 0 Å². The van der Waals surface area contributed by atoms with Crippen LogP contribution in [-0.4, -0.2) is 63.5 Å². The summed E-state index contributed by atoms with van der Waals surface area (Å²) in [5, 5.41) is 3.10. The first-order valence-electron chi connectivity index (χ1n) is 11.4. The fourth-order valence-electron chi connectivity index (χ4n) is 4.55. The van der Waals surface area contributed by atoms with Crippen molar-refractivity contribution in [1.82, 2.24) is 15.1 Å². The van der Waals surface area contributed by atoms with Crippen LogP contribution in [0.2, 0.25) is 0 Å². The van der Waals surface area contributed by atoms with Crippen molar-refractivity contribution in [3.63, 3.8) is 0 Å². The van der Waals surface area contributed by atoms with Gasteiger partial charge in [-0.2, -0.15) is 0 Å². The summed E-state index contributed by atoms with van der Waals surface area (Å²) in [5.74, 6) is -0.121. The highest BCUT2D eigenvalue weighted by atomic mass is 16.2. The Balaban J connectivity index is 2.23. The average molecular weight is 422 g/mol. The summed E-state index contributed by atoms with van der Waals surface area (Å²) in [7, 11) is 0. The molecule has 170 valence electrons. The summed E-state index contributed by atoms with van der Waals surface area (Å²) < 4.78 is 0. The number of carbonyl (C=O) groups is 4. The summed E-state index contributed by atoms with van der Waals surface area (Å²) in [6, 6.07) is -0.530. The summed E-state index contributed by atoms with van der Waals surface area (Å²) in [6.45, 7) is 12.6. The van der Waals surface area contributed by atoms with Crippen molar-refractivity contribution in [3.8, 4) is 0 Å². The molecule has 0 radical (unpaired) electrons. The molecular formula is C23H39N3O4. The van der Waals surface area contributed by atoms with E-state index in [-0.39, 0.29) is 47.8 Å². The van der Waals surface area contributed by atoms with E-state index in [0.717, 1.165) is 12.8 Å². The van der Waals surface area contributed by atoms with Gasteiger partial charge in [0.15, 0.2) is 0 Å². The van der Waals surface area contributed by atoms with Crippen LogP contribution in [0.15, 0.2) is 0 Å². The lowest BCUT2D eigenvalue weighted by molar-refractivity contribution is -0.150. The van der Waals surface area contributed by atoms with Gasteiger partial charge in [-0.1, -0.05) is 20.8 Å². The van der Waals surface area contributed by atoms with E-state index in [1.807, 2.05) is 20.8 Å². The van der Waals surface area contributed by atoms with Gasteiger partial charge in [-0.05, 0) is 58.8 Å². The largest absolute Gasteiger partial charge is 0.349 e. The molecule has 2 aliphatic heterocycles. The van der Waals surface area contributed by atoms with E-state index < -0.39 is 11.6 Å². The SMILES string of the molecule is CCC(C)(C)NC(=O)[C@H](CC(C)C)N1CC[C@@]2(CCCN2C(=O)CCC(C)=O)C1=O. The third-order valence-corrected chi connectivity index (χ3v) is 6.62. The molecule has 0 aliphatic carbocycles. The maximum Gasteiger partial charge on any atom is 0.249 e. The van der Waals surface area contributed by atoms with Gasteiger partial charge in [0.05, 0.1) is 0 Å². The Bertz CT molecular complexity index is 688. The van der Waals surface area contributed by atoms with Crippen LogP contribution in [0.25, 0.3) is 0 Å². The predicted octanol–water partition coefficient (Wildman–Crippen LogP) is 2.67. The zero-order valence-electron chi connectivity index (χ0n) is 19.5. The quantitative estimate of drug-likeness (QED) is 0.620. The fourth-order valence-corrected chi connectivity index (χ4v) is 4.55. The molecule has 0 bridgehead atoms. The number of hydrogen-bond acceptors (Lipinski definition) is 4. The molecule has 2 aliphatic rings. The third-order valence-electron chi connectivity index (χ3n) is 6.62. The molecule has 2 saturated heterocycles. The number of ketones is 1. The molecule has 0 saturated carbocycles. The Labute approximate surface area is 180 Å². The molecule has 3 amide bonds. The second-order valence-corrected chi connectivity index (χ2v) is 10.0. The first-order valence-corrected chi connectivity index (χ1v) is 11.4. The summed E-state index contributed by atoms with van der Waals surface area (Å²) in [6.07, 6.45) is 3.69. The Kier molecular flexibility index (Phi) is 7.69. The van der Waals surface area contributed by atoms with Crippen molar-refractivity contribution in [1.29, 1.82) is 0 Å². The number of Topliss-reactive ketones (excluding diaryl/α,β-unsaturated/α-hetero) is 1. The van der Waals surface area contributed by atoms with Crippen LogP contribution in [0.5, 0.6) is 0 Å². The Morgan fingerprint density at radius 3 is 2.37 bits per heavy atom. The zero-order valence-corrected chi connectivity index (χ0v) is 19.5. The van der Waals surface area contributed by atoms with E-state index in [2.05, 4.69) is 19.2 Å². The van der Waals surface area contributed by atoms with E-state index in [4.69, 9.17) is 0 Å². The molecule has 1 N–H and O–H groups in total. The highest BCUT2D eigenvalue weighted by Gasteiger charge is 2.56. The molecule has 2 atom stereocenters. The molecule has 0 unspecified atom stereocenters. The molecular weight excluding hydrogens is 382 g/mol. The minimum absolute atomic E-state index is 0.0248. The van der Waals surface area contributed by atoms with Crippen molar-refractivity contribution in [2.75, 3.05) is 13.1 Å². The molecule has 0 aromatic rings. The maximum absolute atomic E-state index is 13.6. The van der Waals surface area contributed by atoms with Gasteiger partial charge in [0.2, 0.25) is 17.7 Å². The minimum Gasteiger partial charge on any atom is -0.349 e. The average Bonchev–Trinajstić information content (AvgIpc) is 3.22. The van der Waals surface area contributed by atoms with Crippen molar-refractivity contribution >= 4 is 23.5 Å². The standard InChI is InChI=1S/C23H39N3O4/c1-7-22(5,6)24-20(29)18(15-16(2)3)25-14-12-23(21(25)30)11-8-13-26(23)19(28)10-9-17(4)27/h16,18H,7-15H2,1-6H3,(H,24,29)/t18-,23-/m0/s1. The lowest BCUT2D eigenvalue weighted by atomic mass is 9.93. The van der Waals surface area contributed by atoms with E-state index in [0.29, 0.717) is 32.4 Å². The summed E-state index contributed by atoms with van der Waals surface area (Å²) in [4.78, 5) is 54.3. The molecule has 2 fully saturated rings. The van der Waals surface area contributed by atoms with Crippen LogP contribution in [0.4, 0.5) is 0 Å². The van der Waals surface area contributed by atoms with Crippen LogP contribution >= 0.6 is 0 Å². The van der Waals surface area contributed by atoms with Gasteiger partial charge in [-0.15, -0.1) is 0 Å². The lowest BCUT2D eigenvalue weighted by Crippen LogP contribution is -2.58. The first kappa shape index (κ1) is 24.4. The normalized spacial score (nSPS) is 22.8. The second-order valence-electron chi connectivity index (χ2n) is 10.0. The van der Waals surface area contributed by atoms with Crippen molar-refractivity contribution in [2.24, 2.45) is 5.92 Å². The van der Waals surface area contributed by atoms with E-state index >= 15 is 0 Å². The van der Waals surface area contributed by atoms with Crippen LogP contribution in [0.1, 0.15) is 86.5 Å². The van der Waals surface area contributed by atoms with Crippen molar-refractivity contribution < 1.29 is 19.2 Å². The van der Waals surface area contributed by atoms with Gasteiger partial charge >= 0.3 is 0 Å². The monoisotopic (exact) mass is 421 g/mol. The van der Waals surface area contributed by atoms with Crippen LogP contribution < -0.4 is 5.32 Å². The third kappa shape index (κ3) is 5.22. The Hall–Kier alpha value is -1.92. The van der Waals surface area contributed by atoms with Crippen LogP contribution in [-0.2, 0) is 19.2 Å².